The standard InChI is InChI=1S/C7H12O.Pr/c1-4-7(5-2)6(3)8;/h7H,1-2,4-5H2,3H3;. The van der Waals surface area contributed by atoms with Gasteiger partial charge in [-0.15, -0.1) is 0 Å². The summed E-state index contributed by atoms with van der Waals surface area (Å²) in [7, 11) is 0. The third kappa shape index (κ3) is 2.63. The second-order valence-corrected chi connectivity index (χ2v) is 8.31. The zero-order chi connectivity index (χ0) is 6.69. The molecular weight excluding hydrogens is 241 g/mol. The van der Waals surface area contributed by atoms with Crippen molar-refractivity contribution >= 4 is 5.78 Å². The topological polar surface area (TPSA) is 17.1 Å². The van der Waals surface area contributed by atoms with Crippen LogP contribution in [0.2, 0.25) is 4.01 Å². The SMILES string of the molecule is CC(=O)C1C[CH2][Pr][CH2]C1. The molecule has 0 aromatic rings. The van der Waals surface area contributed by atoms with E-state index in [-0.39, 0.29) is 37.1 Å². The molecule has 0 atom stereocenters. The average molecular weight is 253 g/mol. The van der Waals surface area contributed by atoms with Gasteiger partial charge < -0.3 is 0 Å². The normalized spacial score (nSPS) is 20.1. The van der Waals surface area contributed by atoms with Crippen LogP contribution in [0.1, 0.15) is 19.8 Å². The predicted octanol–water partition coefficient (Wildman–Crippen LogP) is 1.91. The van der Waals surface area contributed by atoms with Crippen LogP contribution in [-0.2, 0) is 4.79 Å². The van der Waals surface area contributed by atoms with E-state index in [0.29, 0.717) is 11.7 Å². The van der Waals surface area contributed by atoms with Gasteiger partial charge in [-0.05, 0) is 0 Å². The number of ketones is 1. The van der Waals surface area contributed by atoms with Gasteiger partial charge in [-0.2, -0.15) is 0 Å². The Morgan fingerprint density at radius 2 is 2.00 bits per heavy atom. The van der Waals surface area contributed by atoms with E-state index in [2.05, 4.69) is 0 Å². The van der Waals surface area contributed by atoms with Crippen LogP contribution in [0.25, 0.3) is 0 Å². The Balaban J connectivity index is 2.31. The number of carbonyl (C=O) groups excluding carboxylic acids is 1. The summed E-state index contributed by atoms with van der Waals surface area (Å²) in [4.78, 5) is 10.8. The molecule has 1 fully saturated rings. The summed E-state index contributed by atoms with van der Waals surface area (Å²) in [5.74, 6) is 0.899. The van der Waals surface area contributed by atoms with Crippen molar-refractivity contribution in [3.63, 3.8) is 0 Å². The van der Waals surface area contributed by atoms with Crippen LogP contribution in [-0.4, -0.2) is 5.78 Å². The van der Waals surface area contributed by atoms with Gasteiger partial charge in [-0.3, -0.25) is 0 Å². The molecule has 0 aromatic carbocycles. The molecule has 0 radical (unpaired) electrons. The molecule has 1 nitrogen and oxygen atoms in total. The van der Waals surface area contributed by atoms with Gasteiger partial charge in [-0.25, -0.2) is 0 Å². The Labute approximate surface area is 76.5 Å². The maximum atomic E-state index is 10.8. The van der Waals surface area contributed by atoms with Crippen molar-refractivity contribution in [1.29, 1.82) is 0 Å². The van der Waals surface area contributed by atoms with Crippen LogP contribution in [0.15, 0.2) is 0 Å². The minimum absolute atomic E-state index is 0.230. The van der Waals surface area contributed by atoms with Gasteiger partial charge in [0.05, 0.1) is 0 Å². The van der Waals surface area contributed by atoms with Crippen LogP contribution < -0.4 is 0 Å². The number of carbonyl (C=O) groups is 1. The molecule has 1 heterocycles. The second-order valence-electron chi connectivity index (χ2n) is 2.75. The summed E-state index contributed by atoms with van der Waals surface area (Å²) in [5.41, 5.74) is 0. The molecule has 0 aliphatic carbocycles. The number of rotatable bonds is 1. The Morgan fingerprint density at radius 3 is 2.33 bits per heavy atom. The molecule has 1 aliphatic heterocycles. The molecule has 0 spiro atoms. The second kappa shape index (κ2) is 4.03. The van der Waals surface area contributed by atoms with E-state index in [0.717, 1.165) is 0 Å². The van der Waals surface area contributed by atoms with Crippen molar-refractivity contribution < 1.29 is 41.9 Å². The fourth-order valence-corrected chi connectivity index (χ4v) is 6.35. The number of Topliss-reactive ketones (excluding diaryl/α,β-unsaturated/α-hetero) is 1. The molecule has 1 aliphatic rings. The van der Waals surface area contributed by atoms with E-state index >= 15 is 0 Å². The van der Waals surface area contributed by atoms with Gasteiger partial charge in [0.15, 0.2) is 0 Å². The van der Waals surface area contributed by atoms with E-state index in [4.69, 9.17) is 0 Å². The monoisotopic (exact) mass is 253 g/mol. The zero-order valence-corrected chi connectivity index (χ0v) is 9.60. The van der Waals surface area contributed by atoms with Crippen molar-refractivity contribution in [3.05, 3.63) is 0 Å². The van der Waals surface area contributed by atoms with Crippen LogP contribution >= 0.6 is 0 Å². The van der Waals surface area contributed by atoms with Crippen molar-refractivity contribution in [1.82, 2.24) is 0 Å². The Kier molecular flexibility index (Phi) is 3.64. The Morgan fingerprint density at radius 1 is 1.44 bits per heavy atom. The first-order valence-corrected chi connectivity index (χ1v) is 8.86. The van der Waals surface area contributed by atoms with Gasteiger partial charge in [-0.1, -0.05) is 0 Å². The molecule has 1 rings (SSSR count). The van der Waals surface area contributed by atoms with E-state index in [9.17, 15) is 4.79 Å². The van der Waals surface area contributed by atoms with E-state index in [1.807, 2.05) is 0 Å². The number of hydrogen-bond donors (Lipinski definition) is 0. The molecule has 9 heavy (non-hydrogen) atoms. The van der Waals surface area contributed by atoms with Gasteiger partial charge in [0.25, 0.3) is 0 Å². The summed E-state index contributed by atoms with van der Waals surface area (Å²) in [6.45, 7) is 1.74. The molecule has 0 bridgehead atoms. The quantitative estimate of drug-likeness (QED) is 0.697. The van der Waals surface area contributed by atoms with Crippen molar-refractivity contribution in [2.24, 2.45) is 5.92 Å². The summed E-state index contributed by atoms with van der Waals surface area (Å²) >= 11 is -0.230. The first-order chi connectivity index (χ1) is 4.30. The predicted molar refractivity (Wildman–Crippen MR) is 33.0 cm³/mol. The molecule has 0 aromatic heterocycles. The zero-order valence-electron chi connectivity index (χ0n) is 5.89. The maximum absolute atomic E-state index is 10.8. The van der Waals surface area contributed by atoms with Gasteiger partial charge in [0, 0.05) is 0 Å². The van der Waals surface area contributed by atoms with Crippen molar-refractivity contribution in [2.75, 3.05) is 0 Å². The van der Waals surface area contributed by atoms with Crippen LogP contribution in [0.3, 0.4) is 0 Å². The third-order valence-corrected chi connectivity index (χ3v) is 6.77. The molecule has 0 N–H and O–H groups in total. The van der Waals surface area contributed by atoms with Crippen LogP contribution in [0, 0.1) is 43.0 Å². The fraction of sp³-hybridized carbons (Fsp3) is 0.857. The summed E-state index contributed by atoms with van der Waals surface area (Å²) in [6.07, 6.45) is 2.48. The van der Waals surface area contributed by atoms with Crippen molar-refractivity contribution in [2.45, 2.75) is 23.8 Å². The first kappa shape index (κ1) is 8.13. The summed E-state index contributed by atoms with van der Waals surface area (Å²) < 4.78 is 2.95. The molecular formula is C7H12OPr. The molecule has 0 unspecified atom stereocenters. The Bertz CT molecular complexity index is 105. The average Bonchev–Trinajstić information content (AvgIpc) is 1.90. The summed E-state index contributed by atoms with van der Waals surface area (Å²) in [5, 5.41) is 0. The van der Waals surface area contributed by atoms with Gasteiger partial charge in [0.1, 0.15) is 0 Å². The van der Waals surface area contributed by atoms with Crippen LogP contribution in [0.4, 0.5) is 0 Å². The number of hydrogen-bond acceptors (Lipinski definition) is 1. The Hall–Kier alpha value is 1.03. The van der Waals surface area contributed by atoms with Gasteiger partial charge in [0.2, 0.25) is 0 Å². The minimum atomic E-state index is -0.230. The van der Waals surface area contributed by atoms with E-state index in [1.54, 1.807) is 6.92 Å². The fourth-order valence-electron chi connectivity index (χ4n) is 1.33. The molecule has 2 heteroatoms. The van der Waals surface area contributed by atoms with E-state index in [1.165, 1.54) is 16.9 Å². The molecule has 49 valence electrons. The van der Waals surface area contributed by atoms with Crippen LogP contribution in [0.5, 0.6) is 0 Å². The first-order valence-electron chi connectivity index (χ1n) is 3.63. The third-order valence-electron chi connectivity index (χ3n) is 2.01. The molecule has 0 saturated carbocycles. The summed E-state index contributed by atoms with van der Waals surface area (Å²) in [6, 6.07) is 0. The molecule has 0 amide bonds. The van der Waals surface area contributed by atoms with E-state index < -0.39 is 0 Å². The molecule has 1 saturated heterocycles. The van der Waals surface area contributed by atoms with Gasteiger partial charge >= 0.3 is 77.4 Å². The van der Waals surface area contributed by atoms with Crippen molar-refractivity contribution in [3.8, 4) is 0 Å².